The topological polar surface area (TPSA) is 52.6 Å². The van der Waals surface area contributed by atoms with E-state index in [1.807, 2.05) is 30.3 Å². The van der Waals surface area contributed by atoms with E-state index in [2.05, 4.69) is 26.0 Å². The van der Waals surface area contributed by atoms with E-state index in [0.29, 0.717) is 25.4 Å². The number of hydrogen-bond acceptors (Lipinski definition) is 4. The standard InChI is InChI=1S/C23H30O4/c1-4-27-21(25)23(13-19-12-8-9-17(2)22(19,3)16-23)20(24)15-26-14-18-10-6-5-7-11-18/h5-8,10-12,17,19H,4,9,13-16H2,1-3H3/t17-,19-,22+,23+/m0/s1. The van der Waals surface area contributed by atoms with Crippen LogP contribution in [0.5, 0.6) is 0 Å². The van der Waals surface area contributed by atoms with E-state index in [1.165, 1.54) is 0 Å². The molecule has 3 rings (SSSR count). The molecule has 0 amide bonds. The number of fused-ring (bicyclic) bond motifs is 1. The van der Waals surface area contributed by atoms with Crippen molar-refractivity contribution in [2.45, 2.75) is 46.6 Å². The minimum atomic E-state index is -1.09. The first-order valence-corrected chi connectivity index (χ1v) is 9.91. The predicted octanol–water partition coefficient (Wildman–Crippen LogP) is 4.33. The van der Waals surface area contributed by atoms with Crippen molar-refractivity contribution in [3.05, 3.63) is 48.0 Å². The van der Waals surface area contributed by atoms with Crippen molar-refractivity contribution in [3.8, 4) is 0 Å². The normalized spacial score (nSPS) is 32.1. The van der Waals surface area contributed by atoms with Crippen molar-refractivity contribution in [2.75, 3.05) is 13.2 Å². The van der Waals surface area contributed by atoms with E-state index < -0.39 is 5.41 Å². The number of benzene rings is 1. The molecule has 0 saturated heterocycles. The summed E-state index contributed by atoms with van der Waals surface area (Å²) in [5.41, 5.74) is -0.134. The van der Waals surface area contributed by atoms with E-state index in [9.17, 15) is 9.59 Å². The fraction of sp³-hybridized carbons (Fsp3) is 0.565. The molecule has 0 radical (unpaired) electrons. The summed E-state index contributed by atoms with van der Waals surface area (Å²) >= 11 is 0. The fourth-order valence-electron chi connectivity index (χ4n) is 4.73. The molecule has 0 aromatic heterocycles. The van der Waals surface area contributed by atoms with Crippen molar-refractivity contribution in [1.29, 1.82) is 0 Å². The first kappa shape index (κ1) is 19.8. The van der Waals surface area contributed by atoms with Gasteiger partial charge in [0.05, 0.1) is 13.2 Å². The van der Waals surface area contributed by atoms with Gasteiger partial charge in [0.25, 0.3) is 0 Å². The molecule has 1 fully saturated rings. The van der Waals surface area contributed by atoms with Crippen molar-refractivity contribution in [1.82, 2.24) is 0 Å². The van der Waals surface area contributed by atoms with Gasteiger partial charge in [-0.3, -0.25) is 9.59 Å². The maximum atomic E-state index is 13.2. The Labute approximate surface area is 161 Å². The van der Waals surface area contributed by atoms with Gasteiger partial charge in [0.15, 0.2) is 5.78 Å². The number of carbonyl (C=O) groups is 2. The van der Waals surface area contributed by atoms with Gasteiger partial charge in [-0.25, -0.2) is 0 Å². The summed E-state index contributed by atoms with van der Waals surface area (Å²) in [5, 5.41) is 0. The number of allylic oxidation sites excluding steroid dienone is 2. The van der Waals surface area contributed by atoms with Crippen molar-refractivity contribution >= 4 is 11.8 Å². The first-order valence-electron chi connectivity index (χ1n) is 9.91. The minimum absolute atomic E-state index is 0.0589. The molecule has 0 bridgehead atoms. The third-order valence-corrected chi connectivity index (χ3v) is 6.63. The number of carbonyl (C=O) groups excluding carboxylic acids is 2. The Morgan fingerprint density at radius 2 is 1.96 bits per heavy atom. The fourth-order valence-corrected chi connectivity index (χ4v) is 4.73. The quantitative estimate of drug-likeness (QED) is 0.407. The van der Waals surface area contributed by atoms with Crippen LogP contribution in [0.15, 0.2) is 42.5 Å². The lowest BCUT2D eigenvalue weighted by Gasteiger charge is -2.39. The van der Waals surface area contributed by atoms with E-state index in [1.54, 1.807) is 6.92 Å². The number of ether oxygens (including phenoxy) is 2. The van der Waals surface area contributed by atoms with E-state index in [0.717, 1.165) is 12.0 Å². The smallest absolute Gasteiger partial charge is 0.319 e. The van der Waals surface area contributed by atoms with Gasteiger partial charge < -0.3 is 9.47 Å². The zero-order valence-corrected chi connectivity index (χ0v) is 16.6. The van der Waals surface area contributed by atoms with E-state index >= 15 is 0 Å². The van der Waals surface area contributed by atoms with Gasteiger partial charge >= 0.3 is 5.97 Å². The molecule has 0 unspecified atom stereocenters. The van der Waals surface area contributed by atoms with Crippen LogP contribution in [-0.4, -0.2) is 25.0 Å². The number of hydrogen-bond donors (Lipinski definition) is 0. The van der Waals surface area contributed by atoms with Gasteiger partial charge in [0.1, 0.15) is 12.0 Å². The highest BCUT2D eigenvalue weighted by molar-refractivity contribution is 6.05. The zero-order chi connectivity index (χ0) is 19.5. The maximum absolute atomic E-state index is 13.2. The summed E-state index contributed by atoms with van der Waals surface area (Å²) < 4.78 is 11.0. The zero-order valence-electron chi connectivity index (χ0n) is 16.6. The Morgan fingerprint density at radius 3 is 2.63 bits per heavy atom. The second-order valence-corrected chi connectivity index (χ2v) is 8.26. The summed E-state index contributed by atoms with van der Waals surface area (Å²) in [7, 11) is 0. The van der Waals surface area contributed by atoms with Gasteiger partial charge in [-0.1, -0.05) is 56.3 Å². The molecule has 4 nitrogen and oxygen atoms in total. The molecule has 2 aliphatic rings. The van der Waals surface area contributed by atoms with Gasteiger partial charge in [0, 0.05) is 0 Å². The minimum Gasteiger partial charge on any atom is -0.465 e. The molecule has 4 atom stereocenters. The molecule has 1 aromatic carbocycles. The summed E-state index contributed by atoms with van der Waals surface area (Å²) in [6, 6.07) is 9.75. The van der Waals surface area contributed by atoms with Crippen LogP contribution in [0.1, 0.15) is 45.6 Å². The second kappa shape index (κ2) is 7.97. The lowest BCUT2D eigenvalue weighted by Crippen LogP contribution is -2.42. The lowest BCUT2D eigenvalue weighted by molar-refractivity contribution is -0.162. The second-order valence-electron chi connectivity index (χ2n) is 8.26. The summed E-state index contributed by atoms with van der Waals surface area (Å²) in [4.78, 5) is 26.1. The predicted molar refractivity (Wildman–Crippen MR) is 104 cm³/mol. The Bertz CT molecular complexity index is 710. The van der Waals surface area contributed by atoms with Crippen LogP contribution in [-0.2, 0) is 25.7 Å². The number of ketones is 1. The third-order valence-electron chi connectivity index (χ3n) is 6.63. The number of esters is 1. The summed E-state index contributed by atoms with van der Waals surface area (Å²) in [6.45, 7) is 6.80. The number of Topliss-reactive ketones (excluding diaryl/α,β-unsaturated/α-hetero) is 1. The molecule has 2 aliphatic carbocycles. The van der Waals surface area contributed by atoms with Gasteiger partial charge in [-0.05, 0) is 49.0 Å². The van der Waals surface area contributed by atoms with Gasteiger partial charge in [-0.15, -0.1) is 0 Å². The van der Waals surface area contributed by atoms with Crippen LogP contribution in [0.3, 0.4) is 0 Å². The molecule has 27 heavy (non-hydrogen) atoms. The summed E-state index contributed by atoms with van der Waals surface area (Å²) in [6.07, 6.45) is 6.44. The summed E-state index contributed by atoms with van der Waals surface area (Å²) in [5.74, 6) is 0.133. The monoisotopic (exact) mass is 370 g/mol. The Morgan fingerprint density at radius 1 is 1.22 bits per heavy atom. The highest BCUT2D eigenvalue weighted by atomic mass is 16.5. The molecule has 1 saturated carbocycles. The highest BCUT2D eigenvalue weighted by Crippen LogP contribution is 2.60. The average Bonchev–Trinajstić information content (AvgIpc) is 2.99. The molecule has 0 spiro atoms. The van der Waals surface area contributed by atoms with Crippen LogP contribution in [0.25, 0.3) is 0 Å². The molecule has 0 aliphatic heterocycles. The molecule has 146 valence electrons. The van der Waals surface area contributed by atoms with Crippen molar-refractivity contribution in [3.63, 3.8) is 0 Å². The third kappa shape index (κ3) is 3.73. The maximum Gasteiger partial charge on any atom is 0.319 e. The number of rotatable bonds is 7. The van der Waals surface area contributed by atoms with Crippen molar-refractivity contribution in [2.24, 2.45) is 22.7 Å². The Balaban J connectivity index is 1.76. The van der Waals surface area contributed by atoms with Crippen LogP contribution in [0, 0.1) is 22.7 Å². The first-order chi connectivity index (χ1) is 12.9. The van der Waals surface area contributed by atoms with Crippen LogP contribution < -0.4 is 0 Å². The van der Waals surface area contributed by atoms with Crippen LogP contribution in [0.4, 0.5) is 0 Å². The Kier molecular flexibility index (Phi) is 5.85. The van der Waals surface area contributed by atoms with Gasteiger partial charge in [-0.2, -0.15) is 0 Å². The molecule has 4 heteroatoms. The molecular weight excluding hydrogens is 340 g/mol. The molecule has 1 aromatic rings. The largest absolute Gasteiger partial charge is 0.465 e. The van der Waals surface area contributed by atoms with E-state index in [-0.39, 0.29) is 36.3 Å². The SMILES string of the molecule is CCOC(=O)[C@]1(C(=O)COCc2ccccc2)C[C@@H]2C=CC[C@H](C)[C@@]2(C)C1. The Hall–Kier alpha value is -1.94. The highest BCUT2D eigenvalue weighted by Gasteiger charge is 2.61. The van der Waals surface area contributed by atoms with Crippen LogP contribution in [0.2, 0.25) is 0 Å². The average molecular weight is 370 g/mol. The van der Waals surface area contributed by atoms with Gasteiger partial charge in [0.2, 0.25) is 0 Å². The molecule has 0 N–H and O–H groups in total. The van der Waals surface area contributed by atoms with Crippen LogP contribution >= 0.6 is 0 Å². The molecule has 0 heterocycles. The van der Waals surface area contributed by atoms with E-state index in [4.69, 9.17) is 9.47 Å². The lowest BCUT2D eigenvalue weighted by atomic mass is 9.65. The molecular formula is C23H30O4. The van der Waals surface area contributed by atoms with Crippen molar-refractivity contribution < 1.29 is 19.1 Å².